The van der Waals surface area contributed by atoms with Crippen LogP contribution >= 0.6 is 0 Å². The fraction of sp³-hybridized carbons (Fsp3) is 0.304. The van der Waals surface area contributed by atoms with Crippen LogP contribution in [0.2, 0.25) is 0 Å². The van der Waals surface area contributed by atoms with Crippen LogP contribution in [0.4, 0.5) is 0 Å². The maximum atomic E-state index is 12.5. The molecule has 2 aromatic carbocycles. The number of carbonyl (C=O) groups excluding carboxylic acids is 1. The Labute approximate surface area is 188 Å². The van der Waals surface area contributed by atoms with Gasteiger partial charge >= 0.3 is 11.6 Å². The predicted molar refractivity (Wildman–Crippen MR) is 122 cm³/mol. The van der Waals surface area contributed by atoms with Gasteiger partial charge in [-0.1, -0.05) is 12.1 Å². The average Bonchev–Trinajstić information content (AvgIpc) is 2.80. The normalized spacial score (nSPS) is 11.8. The molecule has 1 heterocycles. The highest BCUT2D eigenvalue weighted by Gasteiger charge is 2.28. The van der Waals surface area contributed by atoms with Crippen molar-refractivity contribution in [2.45, 2.75) is 11.3 Å². The van der Waals surface area contributed by atoms with Crippen molar-refractivity contribution in [1.82, 2.24) is 0 Å². The van der Waals surface area contributed by atoms with Gasteiger partial charge in [0.15, 0.2) is 17.2 Å². The van der Waals surface area contributed by atoms with Crippen LogP contribution in [0.1, 0.15) is 16.8 Å². The Kier molecular flexibility index (Phi) is 7.53. The lowest BCUT2D eigenvalue weighted by molar-refractivity contribution is 0.0505. The fourth-order valence-electron chi connectivity index (χ4n) is 3.25. The minimum atomic E-state index is -0.590. The molecule has 8 nitrogen and oxygen atoms in total. The first kappa shape index (κ1) is 23.3. The third-order valence-electron chi connectivity index (χ3n) is 4.82. The Hall–Kier alpha value is -3.33. The molecule has 1 N–H and O–H groups in total. The number of ether oxygens (including phenoxy) is 4. The molecule has 0 spiro atoms. The maximum Gasteiger partial charge on any atom is 0.396 e. The molecule has 0 aliphatic heterocycles. The zero-order chi connectivity index (χ0) is 23.3. The standard InChI is InChI=1S/C23H24O8S/c1-27-17-12-14(13-18(28-2)20(17)29-3)22(25)30-10-7-11-32(4)21-19(24)15-8-5-6-9-16(15)31-23(21)26/h5-6,8-9,12-13H,7,10-11H2,1-4H3/p+1. The highest BCUT2D eigenvalue weighted by atomic mass is 32.2. The van der Waals surface area contributed by atoms with Gasteiger partial charge in [0.2, 0.25) is 5.75 Å². The number of rotatable bonds is 9. The number of aromatic hydroxyl groups is 1. The smallest absolute Gasteiger partial charge is 0.396 e. The van der Waals surface area contributed by atoms with Crippen LogP contribution in [0.5, 0.6) is 23.0 Å². The summed E-state index contributed by atoms with van der Waals surface area (Å²) in [6.45, 7) is 0.145. The van der Waals surface area contributed by atoms with Crippen LogP contribution in [0.3, 0.4) is 0 Å². The minimum absolute atomic E-state index is 0.0582. The SMILES string of the molecule is COc1cc(C(=O)OCCC[S+](C)c2c(O)c3ccccc3oc2=O)cc(OC)c1OC. The van der Waals surface area contributed by atoms with Crippen LogP contribution in [0.15, 0.2) is 50.5 Å². The second kappa shape index (κ2) is 10.3. The summed E-state index contributed by atoms with van der Waals surface area (Å²) in [7, 11) is 3.82. The van der Waals surface area contributed by atoms with Crippen molar-refractivity contribution in [3.63, 3.8) is 0 Å². The summed E-state index contributed by atoms with van der Waals surface area (Å²) in [6.07, 6.45) is 2.35. The summed E-state index contributed by atoms with van der Waals surface area (Å²) in [4.78, 5) is 25.1. The molecule has 0 fully saturated rings. The number of carbonyl (C=O) groups is 1. The first-order valence-electron chi connectivity index (χ1n) is 9.75. The topological polar surface area (TPSA) is 104 Å². The summed E-state index contributed by atoms with van der Waals surface area (Å²) < 4.78 is 26.5. The highest BCUT2D eigenvalue weighted by molar-refractivity contribution is 7.96. The Balaban J connectivity index is 1.64. The van der Waals surface area contributed by atoms with Crippen LogP contribution < -0.4 is 19.8 Å². The summed E-state index contributed by atoms with van der Waals surface area (Å²) in [5.41, 5.74) is 0.0549. The Morgan fingerprint density at radius 3 is 2.34 bits per heavy atom. The van der Waals surface area contributed by atoms with E-state index in [0.29, 0.717) is 40.4 Å². The first-order chi connectivity index (χ1) is 15.4. The molecule has 9 heteroatoms. The lowest BCUT2D eigenvalue weighted by Crippen LogP contribution is -2.18. The summed E-state index contributed by atoms with van der Waals surface area (Å²) in [6, 6.07) is 9.88. The molecule has 0 saturated heterocycles. The van der Waals surface area contributed by atoms with Gasteiger partial charge in [-0.3, -0.25) is 0 Å². The molecule has 0 aliphatic carbocycles. The van der Waals surface area contributed by atoms with E-state index in [1.165, 1.54) is 33.5 Å². The largest absolute Gasteiger partial charge is 0.503 e. The van der Waals surface area contributed by atoms with Gasteiger partial charge in [0.1, 0.15) is 17.6 Å². The molecular formula is C23H25O8S+. The van der Waals surface area contributed by atoms with E-state index in [2.05, 4.69) is 0 Å². The van der Waals surface area contributed by atoms with Crippen molar-refractivity contribution in [3.05, 3.63) is 52.4 Å². The molecule has 3 rings (SSSR count). The van der Waals surface area contributed by atoms with E-state index in [4.69, 9.17) is 23.4 Å². The van der Waals surface area contributed by atoms with Gasteiger partial charge in [-0.25, -0.2) is 9.59 Å². The number of hydrogen-bond acceptors (Lipinski definition) is 8. The summed E-state index contributed by atoms with van der Waals surface area (Å²) in [5.74, 6) is 1.04. The predicted octanol–water partition coefficient (Wildman–Crippen LogP) is 3.38. The van der Waals surface area contributed by atoms with Crippen molar-refractivity contribution in [3.8, 4) is 23.0 Å². The number of benzene rings is 2. The van der Waals surface area contributed by atoms with Gasteiger partial charge in [0, 0.05) is 17.3 Å². The van der Waals surface area contributed by atoms with Crippen LogP contribution in [0, 0.1) is 0 Å². The molecule has 0 bridgehead atoms. The van der Waals surface area contributed by atoms with Crippen LogP contribution in [-0.2, 0) is 15.6 Å². The number of fused-ring (bicyclic) bond motifs is 1. The number of para-hydroxylation sites is 1. The second-order valence-electron chi connectivity index (χ2n) is 6.81. The van der Waals surface area contributed by atoms with E-state index in [-0.39, 0.29) is 22.8 Å². The van der Waals surface area contributed by atoms with Crippen molar-refractivity contribution in [2.75, 3.05) is 39.9 Å². The molecule has 0 aliphatic rings. The van der Waals surface area contributed by atoms with E-state index < -0.39 is 22.5 Å². The Morgan fingerprint density at radius 2 is 1.72 bits per heavy atom. The quantitative estimate of drug-likeness (QED) is 0.224. The van der Waals surface area contributed by atoms with Crippen molar-refractivity contribution < 1.29 is 33.3 Å². The number of hydrogen-bond donors (Lipinski definition) is 1. The van der Waals surface area contributed by atoms with Gasteiger partial charge in [0.05, 0.1) is 38.9 Å². The molecule has 1 aromatic heterocycles. The van der Waals surface area contributed by atoms with E-state index >= 15 is 0 Å². The molecule has 170 valence electrons. The van der Waals surface area contributed by atoms with Gasteiger partial charge < -0.3 is 28.5 Å². The molecule has 1 atom stereocenters. The molecule has 0 amide bonds. The molecule has 32 heavy (non-hydrogen) atoms. The third-order valence-corrected chi connectivity index (χ3v) is 6.78. The monoisotopic (exact) mass is 461 g/mol. The van der Waals surface area contributed by atoms with Crippen molar-refractivity contribution in [1.29, 1.82) is 0 Å². The second-order valence-corrected chi connectivity index (χ2v) is 8.90. The Morgan fingerprint density at radius 1 is 1.06 bits per heavy atom. The molecular weight excluding hydrogens is 436 g/mol. The highest BCUT2D eigenvalue weighted by Crippen LogP contribution is 2.38. The summed E-state index contributed by atoms with van der Waals surface area (Å²) >= 11 is 0. The number of methoxy groups -OCH3 is 3. The van der Waals surface area contributed by atoms with E-state index in [9.17, 15) is 14.7 Å². The first-order valence-corrected chi connectivity index (χ1v) is 11.6. The number of esters is 1. The van der Waals surface area contributed by atoms with Crippen LogP contribution in [-0.4, -0.2) is 51.0 Å². The molecule has 0 saturated carbocycles. The van der Waals surface area contributed by atoms with E-state index in [1.807, 2.05) is 6.26 Å². The van der Waals surface area contributed by atoms with Crippen LogP contribution in [0.25, 0.3) is 11.0 Å². The van der Waals surface area contributed by atoms with Crippen molar-refractivity contribution in [2.24, 2.45) is 0 Å². The van der Waals surface area contributed by atoms with Crippen molar-refractivity contribution >= 4 is 27.8 Å². The van der Waals surface area contributed by atoms with Gasteiger partial charge in [-0.15, -0.1) is 0 Å². The fourth-order valence-corrected chi connectivity index (χ4v) is 4.77. The lowest BCUT2D eigenvalue weighted by atomic mass is 10.2. The van der Waals surface area contributed by atoms with E-state index in [0.717, 1.165) is 0 Å². The molecule has 0 radical (unpaired) electrons. The zero-order valence-corrected chi connectivity index (χ0v) is 19.1. The Bertz CT molecular complexity index is 1150. The molecule has 1 unspecified atom stereocenters. The maximum absolute atomic E-state index is 12.5. The van der Waals surface area contributed by atoms with Gasteiger partial charge in [-0.2, -0.15) is 0 Å². The average molecular weight is 462 g/mol. The van der Waals surface area contributed by atoms with Gasteiger partial charge in [-0.05, 0) is 24.3 Å². The lowest BCUT2D eigenvalue weighted by Gasteiger charge is -2.13. The van der Waals surface area contributed by atoms with E-state index in [1.54, 1.807) is 24.3 Å². The minimum Gasteiger partial charge on any atom is -0.503 e. The molecule has 3 aromatic rings. The summed E-state index contributed by atoms with van der Waals surface area (Å²) in [5, 5.41) is 11.1. The zero-order valence-electron chi connectivity index (χ0n) is 18.3. The third kappa shape index (κ3) is 4.77. The van der Waals surface area contributed by atoms with Gasteiger partial charge in [0.25, 0.3) is 4.90 Å².